The molecule has 0 bridgehead atoms. The summed E-state index contributed by atoms with van der Waals surface area (Å²) < 4.78 is 0. The van der Waals surface area contributed by atoms with Crippen LogP contribution < -0.4 is 0 Å². The third-order valence-electron chi connectivity index (χ3n) is 2.84. The SMILES string of the molecule is C/C(CCN=CC(C)C)=C1\SCCN1C(C)C. The highest BCUT2D eigenvalue weighted by Gasteiger charge is 2.21. The predicted octanol–water partition coefficient (Wildman–Crippen LogP) is 3.79. The van der Waals surface area contributed by atoms with Gasteiger partial charge < -0.3 is 4.90 Å². The molecule has 1 aliphatic rings. The molecule has 1 rings (SSSR count). The first kappa shape index (κ1) is 14.6. The van der Waals surface area contributed by atoms with Gasteiger partial charge in [0, 0.05) is 31.1 Å². The zero-order valence-electron chi connectivity index (χ0n) is 11.9. The average molecular weight is 254 g/mol. The van der Waals surface area contributed by atoms with Crippen molar-refractivity contribution in [2.24, 2.45) is 10.9 Å². The molecule has 0 radical (unpaired) electrons. The van der Waals surface area contributed by atoms with E-state index in [2.05, 4.69) is 50.7 Å². The molecule has 3 heteroatoms. The number of aliphatic imine (C=N–C) groups is 1. The summed E-state index contributed by atoms with van der Waals surface area (Å²) >= 11 is 2.00. The van der Waals surface area contributed by atoms with Crippen LogP contribution in [0.15, 0.2) is 15.6 Å². The van der Waals surface area contributed by atoms with Crippen molar-refractivity contribution in [3.63, 3.8) is 0 Å². The molecular formula is C14H26N2S. The topological polar surface area (TPSA) is 15.6 Å². The summed E-state index contributed by atoms with van der Waals surface area (Å²) in [5.74, 6) is 1.80. The van der Waals surface area contributed by atoms with Gasteiger partial charge >= 0.3 is 0 Å². The summed E-state index contributed by atoms with van der Waals surface area (Å²) in [4.78, 5) is 6.99. The van der Waals surface area contributed by atoms with Gasteiger partial charge in [-0.2, -0.15) is 0 Å². The second kappa shape index (κ2) is 7.10. The Kier molecular flexibility index (Phi) is 6.10. The summed E-state index contributed by atoms with van der Waals surface area (Å²) in [7, 11) is 0. The molecule has 0 saturated carbocycles. The molecule has 0 aliphatic carbocycles. The second-order valence-corrected chi connectivity index (χ2v) is 6.35. The largest absolute Gasteiger partial charge is 0.363 e. The highest BCUT2D eigenvalue weighted by Crippen LogP contribution is 2.33. The van der Waals surface area contributed by atoms with Crippen LogP contribution in [0.3, 0.4) is 0 Å². The van der Waals surface area contributed by atoms with Crippen LogP contribution in [0.1, 0.15) is 41.0 Å². The Morgan fingerprint density at radius 1 is 1.41 bits per heavy atom. The summed E-state index contributed by atoms with van der Waals surface area (Å²) in [5, 5.41) is 1.50. The summed E-state index contributed by atoms with van der Waals surface area (Å²) in [6, 6.07) is 0.620. The molecule has 98 valence electrons. The Balaban J connectivity index is 2.51. The van der Waals surface area contributed by atoms with Gasteiger partial charge in [0.25, 0.3) is 0 Å². The smallest absolute Gasteiger partial charge is 0.0700 e. The Labute approximate surface area is 111 Å². The van der Waals surface area contributed by atoms with E-state index in [1.54, 1.807) is 0 Å². The van der Waals surface area contributed by atoms with Crippen LogP contribution in [0.2, 0.25) is 0 Å². The number of hydrogen-bond acceptors (Lipinski definition) is 3. The number of nitrogens with zero attached hydrogens (tertiary/aromatic N) is 2. The van der Waals surface area contributed by atoms with Gasteiger partial charge in [-0.3, -0.25) is 4.99 Å². The zero-order chi connectivity index (χ0) is 12.8. The van der Waals surface area contributed by atoms with Crippen molar-refractivity contribution >= 4 is 18.0 Å². The molecule has 1 fully saturated rings. The lowest BCUT2D eigenvalue weighted by Crippen LogP contribution is -2.26. The highest BCUT2D eigenvalue weighted by molar-refractivity contribution is 8.03. The number of hydrogen-bond donors (Lipinski definition) is 0. The maximum Gasteiger partial charge on any atom is 0.0700 e. The van der Waals surface area contributed by atoms with E-state index in [4.69, 9.17) is 0 Å². The molecule has 0 unspecified atom stereocenters. The Bertz CT molecular complexity index is 293. The summed E-state index contributed by atoms with van der Waals surface area (Å²) in [6.07, 6.45) is 3.15. The van der Waals surface area contributed by atoms with Crippen LogP contribution in [0.4, 0.5) is 0 Å². The quantitative estimate of drug-likeness (QED) is 0.694. The van der Waals surface area contributed by atoms with Gasteiger partial charge in [0.2, 0.25) is 0 Å². The second-order valence-electron chi connectivity index (χ2n) is 5.27. The van der Waals surface area contributed by atoms with Crippen molar-refractivity contribution in [1.29, 1.82) is 0 Å². The molecule has 0 spiro atoms. The molecule has 0 N–H and O–H groups in total. The van der Waals surface area contributed by atoms with Crippen molar-refractivity contribution in [1.82, 2.24) is 4.90 Å². The summed E-state index contributed by atoms with van der Waals surface area (Å²) in [6.45, 7) is 13.3. The number of thioether (sulfide) groups is 1. The van der Waals surface area contributed by atoms with Gasteiger partial charge in [0.15, 0.2) is 0 Å². The molecule has 0 aromatic heterocycles. The van der Waals surface area contributed by atoms with Crippen molar-refractivity contribution in [3.8, 4) is 0 Å². The Morgan fingerprint density at radius 2 is 2.12 bits per heavy atom. The Hall–Kier alpha value is -0.440. The maximum atomic E-state index is 4.47. The molecule has 1 aliphatic heterocycles. The molecular weight excluding hydrogens is 228 g/mol. The third kappa shape index (κ3) is 4.74. The molecule has 0 aromatic carbocycles. The lowest BCUT2D eigenvalue weighted by Gasteiger charge is -2.25. The number of rotatable bonds is 5. The first-order valence-electron chi connectivity index (χ1n) is 6.61. The van der Waals surface area contributed by atoms with Gasteiger partial charge in [0.05, 0.1) is 5.03 Å². The minimum atomic E-state index is 0.566. The molecule has 1 heterocycles. The van der Waals surface area contributed by atoms with Gasteiger partial charge in [-0.05, 0) is 38.7 Å². The van der Waals surface area contributed by atoms with Crippen LogP contribution in [0.25, 0.3) is 0 Å². The molecule has 2 nitrogen and oxygen atoms in total. The first-order chi connectivity index (χ1) is 8.02. The minimum Gasteiger partial charge on any atom is -0.363 e. The fraction of sp³-hybridized carbons (Fsp3) is 0.786. The standard InChI is InChI=1S/C14H26N2S/c1-11(2)10-15-7-6-13(5)14-16(12(3)4)8-9-17-14/h10-12H,6-9H2,1-5H3/b14-13+,15-10?. The average Bonchev–Trinajstić information content (AvgIpc) is 2.72. The van der Waals surface area contributed by atoms with Gasteiger partial charge in [0.1, 0.15) is 0 Å². The van der Waals surface area contributed by atoms with E-state index < -0.39 is 0 Å². The van der Waals surface area contributed by atoms with Crippen molar-refractivity contribution in [2.45, 2.75) is 47.1 Å². The van der Waals surface area contributed by atoms with E-state index in [1.165, 1.54) is 22.9 Å². The van der Waals surface area contributed by atoms with E-state index in [1.807, 2.05) is 11.8 Å². The fourth-order valence-electron chi connectivity index (χ4n) is 1.91. The van der Waals surface area contributed by atoms with E-state index in [0.717, 1.165) is 13.0 Å². The van der Waals surface area contributed by atoms with Crippen LogP contribution in [-0.4, -0.2) is 36.0 Å². The molecule has 17 heavy (non-hydrogen) atoms. The van der Waals surface area contributed by atoms with E-state index in [-0.39, 0.29) is 0 Å². The van der Waals surface area contributed by atoms with Crippen LogP contribution in [0, 0.1) is 5.92 Å². The van der Waals surface area contributed by atoms with E-state index >= 15 is 0 Å². The fourth-order valence-corrected chi connectivity index (χ4v) is 3.21. The monoisotopic (exact) mass is 254 g/mol. The van der Waals surface area contributed by atoms with Gasteiger partial charge in [-0.15, -0.1) is 11.8 Å². The predicted molar refractivity (Wildman–Crippen MR) is 79.8 cm³/mol. The normalized spacial score (nSPS) is 20.1. The van der Waals surface area contributed by atoms with Crippen LogP contribution in [-0.2, 0) is 0 Å². The Morgan fingerprint density at radius 3 is 2.71 bits per heavy atom. The van der Waals surface area contributed by atoms with Crippen molar-refractivity contribution in [2.75, 3.05) is 18.8 Å². The van der Waals surface area contributed by atoms with E-state index in [9.17, 15) is 0 Å². The minimum absolute atomic E-state index is 0.566. The van der Waals surface area contributed by atoms with Crippen LogP contribution in [0.5, 0.6) is 0 Å². The zero-order valence-corrected chi connectivity index (χ0v) is 12.7. The first-order valence-corrected chi connectivity index (χ1v) is 7.60. The van der Waals surface area contributed by atoms with E-state index in [0.29, 0.717) is 12.0 Å². The molecule has 0 amide bonds. The highest BCUT2D eigenvalue weighted by atomic mass is 32.2. The van der Waals surface area contributed by atoms with Crippen molar-refractivity contribution in [3.05, 3.63) is 10.6 Å². The summed E-state index contributed by atoms with van der Waals surface area (Å²) in [5.41, 5.74) is 1.50. The lowest BCUT2D eigenvalue weighted by atomic mass is 10.2. The molecule has 0 atom stereocenters. The lowest BCUT2D eigenvalue weighted by molar-refractivity contribution is 0.328. The van der Waals surface area contributed by atoms with Crippen molar-refractivity contribution < 1.29 is 0 Å². The maximum absolute atomic E-state index is 4.47. The molecule has 1 saturated heterocycles. The molecule has 0 aromatic rings. The van der Waals surface area contributed by atoms with Gasteiger partial charge in [-0.25, -0.2) is 0 Å². The van der Waals surface area contributed by atoms with Gasteiger partial charge in [-0.1, -0.05) is 13.8 Å². The van der Waals surface area contributed by atoms with Crippen LogP contribution >= 0.6 is 11.8 Å². The third-order valence-corrected chi connectivity index (χ3v) is 4.08.